The monoisotopic (exact) mass is 356 g/mol. The van der Waals surface area contributed by atoms with Gasteiger partial charge in [-0.15, -0.1) is 0 Å². The minimum Gasteiger partial charge on any atom is -0.491 e. The highest BCUT2D eigenvalue weighted by molar-refractivity contribution is 7.89. The van der Waals surface area contributed by atoms with Gasteiger partial charge in [-0.1, -0.05) is 13.8 Å². The third-order valence-electron chi connectivity index (χ3n) is 4.44. The maximum Gasteiger partial charge on any atom is 0.243 e. The van der Waals surface area contributed by atoms with Gasteiger partial charge >= 0.3 is 0 Å². The Morgan fingerprint density at radius 2 is 1.92 bits per heavy atom. The summed E-state index contributed by atoms with van der Waals surface area (Å²) in [7, 11) is -3.50. The van der Waals surface area contributed by atoms with Crippen molar-refractivity contribution in [2.24, 2.45) is 11.1 Å². The Balaban J connectivity index is 2.04. The molecule has 0 saturated carbocycles. The Hall–Kier alpha value is -1.15. The molecule has 0 radical (unpaired) electrons. The van der Waals surface area contributed by atoms with Crippen molar-refractivity contribution in [1.82, 2.24) is 4.31 Å². The fraction of sp³-hybridized carbons (Fsp3) is 0.647. The zero-order valence-electron chi connectivity index (χ0n) is 14.7. The number of rotatable bonds is 7. The van der Waals surface area contributed by atoms with Gasteiger partial charge in [0.2, 0.25) is 10.0 Å². The second-order valence-electron chi connectivity index (χ2n) is 6.74. The maximum atomic E-state index is 12.8. The summed E-state index contributed by atoms with van der Waals surface area (Å²) in [5, 5.41) is 0. The number of sulfonamides is 1. The van der Waals surface area contributed by atoms with Gasteiger partial charge in [0.15, 0.2) is 0 Å². The van der Waals surface area contributed by atoms with Gasteiger partial charge in [-0.25, -0.2) is 8.42 Å². The van der Waals surface area contributed by atoms with E-state index >= 15 is 0 Å². The third-order valence-corrected chi connectivity index (χ3v) is 6.30. The molecule has 0 spiro atoms. The van der Waals surface area contributed by atoms with Crippen LogP contribution in [-0.4, -0.2) is 51.7 Å². The van der Waals surface area contributed by atoms with E-state index in [9.17, 15) is 8.42 Å². The van der Waals surface area contributed by atoms with Crippen molar-refractivity contribution in [3.8, 4) is 5.75 Å². The van der Waals surface area contributed by atoms with Crippen molar-refractivity contribution in [2.45, 2.75) is 38.1 Å². The number of nitrogens with two attached hydrogens (primary N) is 1. The van der Waals surface area contributed by atoms with Crippen LogP contribution in [0.4, 0.5) is 0 Å². The maximum absolute atomic E-state index is 12.8. The highest BCUT2D eigenvalue weighted by Gasteiger charge is 2.38. The van der Waals surface area contributed by atoms with E-state index in [1.807, 2.05) is 20.8 Å². The molecule has 1 heterocycles. The van der Waals surface area contributed by atoms with Gasteiger partial charge < -0.3 is 15.2 Å². The number of piperidine rings is 1. The fourth-order valence-corrected chi connectivity index (χ4v) is 4.38. The summed E-state index contributed by atoms with van der Waals surface area (Å²) < 4.78 is 37.9. The van der Waals surface area contributed by atoms with Crippen molar-refractivity contribution in [3.63, 3.8) is 0 Å². The van der Waals surface area contributed by atoms with Crippen LogP contribution in [0.25, 0.3) is 0 Å². The van der Waals surface area contributed by atoms with Crippen LogP contribution in [0.1, 0.15) is 27.2 Å². The van der Waals surface area contributed by atoms with Crippen LogP contribution in [0.2, 0.25) is 0 Å². The average Bonchev–Trinajstić information content (AvgIpc) is 2.54. The molecule has 0 aliphatic carbocycles. The molecule has 2 N–H and O–H groups in total. The molecule has 1 unspecified atom stereocenters. The van der Waals surface area contributed by atoms with Gasteiger partial charge in [0, 0.05) is 25.7 Å². The van der Waals surface area contributed by atoms with E-state index in [0.29, 0.717) is 45.1 Å². The van der Waals surface area contributed by atoms with Gasteiger partial charge in [-0.3, -0.25) is 0 Å². The van der Waals surface area contributed by atoms with Crippen molar-refractivity contribution in [1.29, 1.82) is 0 Å². The molecule has 136 valence electrons. The highest BCUT2D eigenvalue weighted by atomic mass is 32.2. The van der Waals surface area contributed by atoms with E-state index in [1.165, 1.54) is 4.31 Å². The van der Waals surface area contributed by atoms with Gasteiger partial charge in [0.1, 0.15) is 12.4 Å². The lowest BCUT2D eigenvalue weighted by Gasteiger charge is -2.41. The number of ether oxygens (including phenoxy) is 2. The SMILES string of the molecule is CCOCCOc1ccc(S(=O)(=O)N2CCC(N)C(C)(C)C2)cc1. The molecule has 1 aromatic carbocycles. The molecule has 2 rings (SSSR count). The number of benzene rings is 1. The molecule has 1 aromatic rings. The summed E-state index contributed by atoms with van der Waals surface area (Å²) >= 11 is 0. The molecular formula is C17H28N2O4S. The van der Waals surface area contributed by atoms with Crippen molar-refractivity contribution in [2.75, 3.05) is 32.9 Å². The first kappa shape index (κ1) is 19.2. The quantitative estimate of drug-likeness (QED) is 0.754. The summed E-state index contributed by atoms with van der Waals surface area (Å²) in [6.45, 7) is 8.44. The number of nitrogens with zero attached hydrogens (tertiary/aromatic N) is 1. The molecule has 1 saturated heterocycles. The van der Waals surface area contributed by atoms with E-state index in [0.717, 1.165) is 0 Å². The Bertz CT molecular complexity index is 628. The van der Waals surface area contributed by atoms with Crippen LogP contribution in [0.15, 0.2) is 29.2 Å². The van der Waals surface area contributed by atoms with Crippen molar-refractivity contribution >= 4 is 10.0 Å². The first-order valence-corrected chi connectivity index (χ1v) is 9.77. The number of hydrogen-bond donors (Lipinski definition) is 1. The van der Waals surface area contributed by atoms with Gasteiger partial charge in [-0.05, 0) is 43.0 Å². The van der Waals surface area contributed by atoms with Crippen LogP contribution in [0.3, 0.4) is 0 Å². The predicted molar refractivity (Wildman–Crippen MR) is 93.6 cm³/mol. The largest absolute Gasteiger partial charge is 0.491 e. The lowest BCUT2D eigenvalue weighted by atomic mass is 9.81. The van der Waals surface area contributed by atoms with E-state index in [2.05, 4.69) is 0 Å². The first-order valence-electron chi connectivity index (χ1n) is 8.33. The minimum atomic E-state index is -3.50. The van der Waals surface area contributed by atoms with Gasteiger partial charge in [-0.2, -0.15) is 4.31 Å². The molecule has 6 nitrogen and oxygen atoms in total. The predicted octanol–water partition coefficient (Wildman–Crippen LogP) is 1.85. The van der Waals surface area contributed by atoms with Crippen molar-refractivity contribution in [3.05, 3.63) is 24.3 Å². The molecule has 1 aliphatic heterocycles. The standard InChI is InChI=1S/C17H28N2O4S/c1-4-22-11-12-23-14-5-7-15(8-6-14)24(20,21)19-10-9-16(18)17(2,3)13-19/h5-8,16H,4,9-13,18H2,1-3H3. The molecule has 1 fully saturated rings. The molecule has 1 atom stereocenters. The Labute approximate surface area is 145 Å². The molecule has 1 aliphatic rings. The highest BCUT2D eigenvalue weighted by Crippen LogP contribution is 2.31. The summed E-state index contributed by atoms with van der Waals surface area (Å²) in [5.74, 6) is 0.634. The van der Waals surface area contributed by atoms with Crippen LogP contribution < -0.4 is 10.5 Å². The second-order valence-corrected chi connectivity index (χ2v) is 8.68. The normalized spacial score (nSPS) is 21.6. The third kappa shape index (κ3) is 4.47. The zero-order chi connectivity index (χ0) is 17.8. The smallest absolute Gasteiger partial charge is 0.243 e. The Morgan fingerprint density at radius 1 is 1.25 bits per heavy atom. The molecule has 24 heavy (non-hydrogen) atoms. The second kappa shape index (κ2) is 7.82. The average molecular weight is 356 g/mol. The summed E-state index contributed by atoms with van der Waals surface area (Å²) in [4.78, 5) is 0.283. The lowest BCUT2D eigenvalue weighted by molar-refractivity contribution is 0.110. The first-order chi connectivity index (χ1) is 11.3. The van der Waals surface area contributed by atoms with Gasteiger partial charge in [0.05, 0.1) is 11.5 Å². The van der Waals surface area contributed by atoms with E-state index in [1.54, 1.807) is 24.3 Å². The minimum absolute atomic E-state index is 0.0186. The van der Waals surface area contributed by atoms with Crippen LogP contribution in [-0.2, 0) is 14.8 Å². The fourth-order valence-electron chi connectivity index (χ4n) is 2.75. The van der Waals surface area contributed by atoms with Crippen LogP contribution in [0, 0.1) is 5.41 Å². The van der Waals surface area contributed by atoms with Crippen molar-refractivity contribution < 1.29 is 17.9 Å². The van der Waals surface area contributed by atoms with E-state index < -0.39 is 10.0 Å². The molecule has 0 aromatic heterocycles. The molecular weight excluding hydrogens is 328 g/mol. The lowest BCUT2D eigenvalue weighted by Crippen LogP contribution is -2.53. The summed E-state index contributed by atoms with van der Waals surface area (Å²) in [6.07, 6.45) is 0.671. The Kier molecular flexibility index (Phi) is 6.25. The van der Waals surface area contributed by atoms with Crippen LogP contribution >= 0.6 is 0 Å². The van der Waals surface area contributed by atoms with E-state index in [-0.39, 0.29) is 16.4 Å². The number of hydrogen-bond acceptors (Lipinski definition) is 5. The Morgan fingerprint density at radius 3 is 2.50 bits per heavy atom. The van der Waals surface area contributed by atoms with Crippen LogP contribution in [0.5, 0.6) is 5.75 Å². The van der Waals surface area contributed by atoms with E-state index in [4.69, 9.17) is 15.2 Å². The topological polar surface area (TPSA) is 81.9 Å². The molecule has 7 heteroatoms. The summed E-state index contributed by atoms with van der Waals surface area (Å²) in [5.41, 5.74) is 5.87. The molecule has 0 bridgehead atoms. The summed E-state index contributed by atoms with van der Waals surface area (Å²) in [6, 6.07) is 6.56. The van der Waals surface area contributed by atoms with Gasteiger partial charge in [0.25, 0.3) is 0 Å². The molecule has 0 amide bonds. The zero-order valence-corrected chi connectivity index (χ0v) is 15.5.